The summed E-state index contributed by atoms with van der Waals surface area (Å²) < 4.78 is 0. The van der Waals surface area contributed by atoms with Crippen LogP contribution < -0.4 is 11.1 Å². The summed E-state index contributed by atoms with van der Waals surface area (Å²) in [4.78, 5) is 16.7. The minimum Gasteiger partial charge on any atom is -0.343 e. The Balaban J connectivity index is 2.24. The molecule has 1 amide bonds. The van der Waals surface area contributed by atoms with Crippen LogP contribution in [0, 0.1) is 18.8 Å². The summed E-state index contributed by atoms with van der Waals surface area (Å²) in [5.41, 5.74) is 7.67. The van der Waals surface area contributed by atoms with Crippen molar-refractivity contribution in [2.24, 2.45) is 5.73 Å². The average Bonchev–Trinajstić information content (AvgIpc) is 3.00. The fourth-order valence-corrected chi connectivity index (χ4v) is 2.53. The van der Waals surface area contributed by atoms with Gasteiger partial charge in [0, 0.05) is 17.1 Å². The van der Waals surface area contributed by atoms with Crippen molar-refractivity contribution in [2.45, 2.75) is 19.9 Å². The molecule has 4 nitrogen and oxygen atoms in total. The average molecular weight is 299 g/mol. The molecule has 0 aliphatic carbocycles. The molecule has 0 fully saturated rings. The maximum absolute atomic E-state index is 12.5. The van der Waals surface area contributed by atoms with Gasteiger partial charge in [-0.05, 0) is 26.0 Å². The third-order valence-electron chi connectivity index (χ3n) is 2.91. The van der Waals surface area contributed by atoms with E-state index in [1.807, 2.05) is 37.4 Å². The Morgan fingerprint density at radius 1 is 1.52 bits per heavy atom. The van der Waals surface area contributed by atoms with Crippen LogP contribution in [0.4, 0.5) is 0 Å². The predicted octanol–water partition coefficient (Wildman–Crippen LogP) is 2.25. The zero-order valence-electron chi connectivity index (χ0n) is 12.0. The molecule has 2 rings (SSSR count). The van der Waals surface area contributed by atoms with E-state index in [2.05, 4.69) is 22.1 Å². The SMILES string of the molecule is Cc1ccc(C#CCN)c(C(=O)NC(C)c2nccs2)c1. The van der Waals surface area contributed by atoms with E-state index in [1.165, 1.54) is 11.3 Å². The molecule has 2 aromatic rings. The largest absolute Gasteiger partial charge is 0.343 e. The second kappa shape index (κ2) is 7.02. The minimum absolute atomic E-state index is 0.131. The number of hydrogen-bond donors (Lipinski definition) is 2. The van der Waals surface area contributed by atoms with Crippen molar-refractivity contribution in [3.63, 3.8) is 0 Å². The highest BCUT2D eigenvalue weighted by Gasteiger charge is 2.15. The molecule has 0 bridgehead atoms. The standard InChI is InChI=1S/C16H17N3OS/c1-11-5-6-13(4-3-7-17)14(10-11)15(20)19-12(2)16-18-8-9-21-16/h5-6,8-10,12H,7,17H2,1-2H3,(H,19,20). The summed E-state index contributed by atoms with van der Waals surface area (Å²) in [6, 6.07) is 5.49. The van der Waals surface area contributed by atoms with E-state index in [-0.39, 0.29) is 18.5 Å². The Bertz CT molecular complexity index is 683. The molecular weight excluding hydrogens is 282 g/mol. The quantitative estimate of drug-likeness (QED) is 0.854. The van der Waals surface area contributed by atoms with Crippen molar-refractivity contribution >= 4 is 17.2 Å². The van der Waals surface area contributed by atoms with Crippen LogP contribution in [0.1, 0.15) is 39.5 Å². The highest BCUT2D eigenvalue weighted by molar-refractivity contribution is 7.09. The predicted molar refractivity (Wildman–Crippen MR) is 85.1 cm³/mol. The number of benzene rings is 1. The molecule has 5 heteroatoms. The zero-order valence-corrected chi connectivity index (χ0v) is 12.8. The van der Waals surface area contributed by atoms with Crippen LogP contribution in [0.25, 0.3) is 0 Å². The Morgan fingerprint density at radius 3 is 3.00 bits per heavy atom. The summed E-state index contributed by atoms with van der Waals surface area (Å²) in [5.74, 6) is 5.58. The van der Waals surface area contributed by atoms with Gasteiger partial charge in [-0.15, -0.1) is 11.3 Å². The number of rotatable bonds is 3. The van der Waals surface area contributed by atoms with Gasteiger partial charge in [0.15, 0.2) is 0 Å². The molecule has 0 aliphatic rings. The summed E-state index contributed by atoms with van der Waals surface area (Å²) in [6.07, 6.45) is 1.73. The lowest BCUT2D eigenvalue weighted by molar-refractivity contribution is 0.0939. The van der Waals surface area contributed by atoms with Crippen molar-refractivity contribution in [3.05, 3.63) is 51.5 Å². The van der Waals surface area contributed by atoms with Crippen LogP contribution in [0.3, 0.4) is 0 Å². The van der Waals surface area contributed by atoms with E-state index in [0.717, 1.165) is 10.6 Å². The number of aromatic nitrogens is 1. The molecule has 0 saturated heterocycles. The molecule has 21 heavy (non-hydrogen) atoms. The van der Waals surface area contributed by atoms with Crippen LogP contribution in [0.15, 0.2) is 29.8 Å². The summed E-state index contributed by atoms with van der Waals surface area (Å²) in [7, 11) is 0. The third-order valence-corrected chi connectivity index (χ3v) is 3.87. The number of amides is 1. The van der Waals surface area contributed by atoms with Gasteiger partial charge in [-0.2, -0.15) is 0 Å². The Labute approximate surface area is 128 Å². The van der Waals surface area contributed by atoms with Gasteiger partial charge in [0.1, 0.15) is 5.01 Å². The number of thiazole rings is 1. The van der Waals surface area contributed by atoms with Crippen molar-refractivity contribution in [1.82, 2.24) is 10.3 Å². The number of nitrogens with one attached hydrogen (secondary N) is 1. The van der Waals surface area contributed by atoms with Gasteiger partial charge in [0.25, 0.3) is 5.91 Å². The van der Waals surface area contributed by atoms with Gasteiger partial charge in [-0.3, -0.25) is 4.79 Å². The summed E-state index contributed by atoms with van der Waals surface area (Å²) in [5, 5.41) is 5.72. The first-order valence-electron chi connectivity index (χ1n) is 6.61. The van der Waals surface area contributed by atoms with Gasteiger partial charge in [0.05, 0.1) is 18.2 Å². The van der Waals surface area contributed by atoms with Crippen LogP contribution in [-0.2, 0) is 0 Å². The van der Waals surface area contributed by atoms with Crippen LogP contribution in [0.5, 0.6) is 0 Å². The molecule has 3 N–H and O–H groups in total. The topological polar surface area (TPSA) is 68.0 Å². The summed E-state index contributed by atoms with van der Waals surface area (Å²) >= 11 is 1.52. The third kappa shape index (κ3) is 3.91. The smallest absolute Gasteiger partial charge is 0.253 e. The van der Waals surface area contributed by atoms with Gasteiger partial charge in [-0.25, -0.2) is 4.98 Å². The van der Waals surface area contributed by atoms with Crippen molar-refractivity contribution in [3.8, 4) is 11.8 Å². The minimum atomic E-state index is -0.150. The van der Waals surface area contributed by atoms with Gasteiger partial charge >= 0.3 is 0 Å². The van der Waals surface area contributed by atoms with Gasteiger partial charge in [0.2, 0.25) is 0 Å². The number of carbonyl (C=O) groups is 1. The Morgan fingerprint density at radius 2 is 2.33 bits per heavy atom. The first kappa shape index (κ1) is 15.2. The number of carbonyl (C=O) groups excluding carboxylic acids is 1. The van der Waals surface area contributed by atoms with Crippen LogP contribution >= 0.6 is 11.3 Å². The molecule has 1 aromatic heterocycles. The molecule has 1 atom stereocenters. The number of nitrogens with zero attached hydrogens (tertiary/aromatic N) is 1. The molecule has 1 heterocycles. The molecule has 0 spiro atoms. The second-order valence-corrected chi connectivity index (χ2v) is 5.55. The fourth-order valence-electron chi connectivity index (χ4n) is 1.89. The molecular formula is C16H17N3OS. The normalized spacial score (nSPS) is 11.4. The van der Waals surface area contributed by atoms with Crippen molar-refractivity contribution in [1.29, 1.82) is 0 Å². The van der Waals surface area contributed by atoms with E-state index >= 15 is 0 Å². The number of aryl methyl sites for hydroxylation is 1. The zero-order chi connectivity index (χ0) is 15.2. The highest BCUT2D eigenvalue weighted by Crippen LogP contribution is 2.17. The molecule has 0 saturated carbocycles. The Kier molecular flexibility index (Phi) is 5.09. The van der Waals surface area contributed by atoms with E-state index in [1.54, 1.807) is 6.20 Å². The number of hydrogen-bond acceptors (Lipinski definition) is 4. The van der Waals surface area contributed by atoms with Gasteiger partial charge in [-0.1, -0.05) is 23.5 Å². The van der Waals surface area contributed by atoms with Crippen molar-refractivity contribution < 1.29 is 4.79 Å². The monoisotopic (exact) mass is 299 g/mol. The van der Waals surface area contributed by atoms with Crippen LogP contribution in [-0.4, -0.2) is 17.4 Å². The van der Waals surface area contributed by atoms with E-state index in [0.29, 0.717) is 11.1 Å². The molecule has 1 unspecified atom stereocenters. The maximum atomic E-state index is 12.5. The lowest BCUT2D eigenvalue weighted by atomic mass is 10.0. The fraction of sp³-hybridized carbons (Fsp3) is 0.250. The van der Waals surface area contributed by atoms with E-state index in [9.17, 15) is 4.79 Å². The Hall–Kier alpha value is -2.16. The lowest BCUT2D eigenvalue weighted by Gasteiger charge is -2.12. The maximum Gasteiger partial charge on any atom is 0.253 e. The van der Waals surface area contributed by atoms with Gasteiger partial charge < -0.3 is 11.1 Å². The van der Waals surface area contributed by atoms with E-state index < -0.39 is 0 Å². The molecule has 0 aliphatic heterocycles. The lowest BCUT2D eigenvalue weighted by Crippen LogP contribution is -2.27. The van der Waals surface area contributed by atoms with Crippen LogP contribution in [0.2, 0.25) is 0 Å². The first-order valence-corrected chi connectivity index (χ1v) is 7.49. The molecule has 108 valence electrons. The molecule has 0 radical (unpaired) electrons. The highest BCUT2D eigenvalue weighted by atomic mass is 32.1. The number of nitrogens with two attached hydrogens (primary N) is 1. The van der Waals surface area contributed by atoms with E-state index in [4.69, 9.17) is 5.73 Å². The molecule has 1 aromatic carbocycles. The summed E-state index contributed by atoms with van der Waals surface area (Å²) in [6.45, 7) is 4.13. The van der Waals surface area contributed by atoms with Crippen molar-refractivity contribution in [2.75, 3.05) is 6.54 Å². The first-order chi connectivity index (χ1) is 10.1. The second-order valence-electron chi connectivity index (χ2n) is 4.62.